The van der Waals surface area contributed by atoms with E-state index in [1.807, 2.05) is 0 Å². The third-order valence-corrected chi connectivity index (χ3v) is 5.14. The van der Waals surface area contributed by atoms with E-state index in [9.17, 15) is 8.42 Å². The quantitative estimate of drug-likeness (QED) is 0.742. The van der Waals surface area contributed by atoms with E-state index in [0.717, 1.165) is 13.1 Å². The number of rotatable bonds is 8. The number of nitrogens with two attached hydrogens (primary N) is 1. The zero-order chi connectivity index (χ0) is 14.8. The minimum Gasteiger partial charge on any atom is -0.464 e. The van der Waals surface area contributed by atoms with Gasteiger partial charge in [-0.05, 0) is 26.3 Å². The molecule has 20 heavy (non-hydrogen) atoms. The highest BCUT2D eigenvalue weighted by atomic mass is 32.2. The predicted octanol–water partition coefficient (Wildman–Crippen LogP) is 0.809. The molecule has 0 bridgehead atoms. The number of hydrogen-bond acceptors (Lipinski definition) is 5. The van der Waals surface area contributed by atoms with Gasteiger partial charge >= 0.3 is 0 Å². The van der Waals surface area contributed by atoms with Gasteiger partial charge in [0, 0.05) is 25.2 Å². The summed E-state index contributed by atoms with van der Waals surface area (Å²) in [5.74, 6) is 0.864. The molecule has 0 aromatic carbocycles. The lowest BCUT2D eigenvalue weighted by Gasteiger charge is -2.19. The van der Waals surface area contributed by atoms with Gasteiger partial charge in [0.25, 0.3) is 0 Å². The van der Waals surface area contributed by atoms with E-state index in [1.165, 1.54) is 18.9 Å². The molecule has 1 aromatic rings. The fraction of sp³-hybridized carbons (Fsp3) is 0.692. The topological polar surface area (TPSA) is 88.6 Å². The first-order chi connectivity index (χ1) is 9.47. The Morgan fingerprint density at radius 1 is 1.50 bits per heavy atom. The van der Waals surface area contributed by atoms with Crippen molar-refractivity contribution >= 4 is 10.0 Å². The fourth-order valence-corrected chi connectivity index (χ4v) is 3.55. The van der Waals surface area contributed by atoms with Gasteiger partial charge in [-0.15, -0.1) is 0 Å². The van der Waals surface area contributed by atoms with Gasteiger partial charge in [-0.1, -0.05) is 6.92 Å². The Bertz CT molecular complexity index is 549. The summed E-state index contributed by atoms with van der Waals surface area (Å²) in [7, 11) is -3.52. The van der Waals surface area contributed by atoms with Crippen LogP contribution in [-0.4, -0.2) is 39.0 Å². The minimum absolute atomic E-state index is 0.187. The summed E-state index contributed by atoms with van der Waals surface area (Å²) in [6.45, 7) is 6.03. The molecule has 0 aliphatic heterocycles. The highest BCUT2D eigenvalue weighted by Crippen LogP contribution is 2.26. The maximum absolute atomic E-state index is 12.2. The van der Waals surface area contributed by atoms with Crippen LogP contribution in [0.1, 0.15) is 31.3 Å². The van der Waals surface area contributed by atoms with E-state index in [0.29, 0.717) is 24.1 Å². The van der Waals surface area contributed by atoms with Crippen LogP contribution in [0, 0.1) is 6.92 Å². The van der Waals surface area contributed by atoms with Crippen molar-refractivity contribution in [1.82, 2.24) is 9.62 Å². The molecule has 0 saturated heterocycles. The lowest BCUT2D eigenvalue weighted by atomic mass is 10.4. The molecular formula is C13H23N3O3S. The molecule has 2 rings (SSSR count). The molecule has 1 fully saturated rings. The Kier molecular flexibility index (Phi) is 4.85. The molecule has 6 nitrogen and oxygen atoms in total. The van der Waals surface area contributed by atoms with Crippen molar-refractivity contribution < 1.29 is 12.8 Å². The SMILES string of the molecule is CCN(CCNS(=O)(=O)c1cc(CN)oc1C)C1CC1. The van der Waals surface area contributed by atoms with Gasteiger partial charge in [-0.3, -0.25) is 4.90 Å². The largest absolute Gasteiger partial charge is 0.464 e. The monoisotopic (exact) mass is 301 g/mol. The number of likely N-dealkylation sites (N-methyl/N-ethyl adjacent to an activating group) is 1. The fourth-order valence-electron chi connectivity index (χ4n) is 2.33. The second-order valence-electron chi connectivity index (χ2n) is 5.09. The Labute approximate surface area is 120 Å². The van der Waals surface area contributed by atoms with E-state index in [4.69, 9.17) is 10.2 Å². The van der Waals surface area contributed by atoms with Crippen molar-refractivity contribution in [1.29, 1.82) is 0 Å². The number of aryl methyl sites for hydroxylation is 1. The number of hydrogen-bond donors (Lipinski definition) is 2. The second-order valence-corrected chi connectivity index (χ2v) is 6.83. The van der Waals surface area contributed by atoms with E-state index < -0.39 is 10.0 Å². The minimum atomic E-state index is -3.52. The van der Waals surface area contributed by atoms with Crippen molar-refractivity contribution in [2.75, 3.05) is 19.6 Å². The second kappa shape index (κ2) is 6.26. The van der Waals surface area contributed by atoms with E-state index in [1.54, 1.807) is 6.92 Å². The number of sulfonamides is 1. The van der Waals surface area contributed by atoms with Gasteiger partial charge in [0.1, 0.15) is 16.4 Å². The van der Waals surface area contributed by atoms with E-state index in [-0.39, 0.29) is 11.4 Å². The molecule has 7 heteroatoms. The van der Waals surface area contributed by atoms with Crippen molar-refractivity contribution in [3.8, 4) is 0 Å². The van der Waals surface area contributed by atoms with Gasteiger partial charge in [0.15, 0.2) is 0 Å². The van der Waals surface area contributed by atoms with Crippen LogP contribution in [0.4, 0.5) is 0 Å². The standard InChI is InChI=1S/C13H23N3O3S/c1-3-16(11-4-5-11)7-6-15-20(17,18)13-8-12(9-14)19-10(13)2/h8,11,15H,3-7,9,14H2,1-2H3. The van der Waals surface area contributed by atoms with Gasteiger partial charge in [-0.25, -0.2) is 13.1 Å². The summed E-state index contributed by atoms with van der Waals surface area (Å²) < 4.78 is 32.3. The van der Waals surface area contributed by atoms with Crippen molar-refractivity contribution in [3.05, 3.63) is 17.6 Å². The van der Waals surface area contributed by atoms with E-state index >= 15 is 0 Å². The maximum Gasteiger partial charge on any atom is 0.244 e. The average molecular weight is 301 g/mol. The molecule has 1 aromatic heterocycles. The summed E-state index contributed by atoms with van der Waals surface area (Å²) in [5, 5.41) is 0. The third kappa shape index (κ3) is 3.60. The van der Waals surface area contributed by atoms with Crippen LogP contribution in [-0.2, 0) is 16.6 Å². The van der Waals surface area contributed by atoms with Gasteiger partial charge in [0.2, 0.25) is 10.0 Å². The van der Waals surface area contributed by atoms with Gasteiger partial charge in [-0.2, -0.15) is 0 Å². The van der Waals surface area contributed by atoms with Crippen LogP contribution < -0.4 is 10.5 Å². The predicted molar refractivity (Wildman–Crippen MR) is 76.8 cm³/mol. The van der Waals surface area contributed by atoms with Crippen LogP contribution in [0.5, 0.6) is 0 Å². The molecule has 0 atom stereocenters. The summed E-state index contributed by atoms with van der Waals surface area (Å²) in [5.41, 5.74) is 5.46. The molecule has 0 radical (unpaired) electrons. The van der Waals surface area contributed by atoms with Crippen molar-refractivity contribution in [2.24, 2.45) is 5.73 Å². The highest BCUT2D eigenvalue weighted by Gasteiger charge is 2.28. The smallest absolute Gasteiger partial charge is 0.244 e. The lowest BCUT2D eigenvalue weighted by molar-refractivity contribution is 0.282. The Hall–Kier alpha value is -0.890. The summed E-state index contributed by atoms with van der Waals surface area (Å²) in [6, 6.07) is 2.14. The normalized spacial score (nSPS) is 16.0. The Morgan fingerprint density at radius 3 is 2.70 bits per heavy atom. The summed E-state index contributed by atoms with van der Waals surface area (Å²) >= 11 is 0. The molecule has 3 N–H and O–H groups in total. The molecule has 0 amide bonds. The molecule has 1 aliphatic carbocycles. The number of nitrogens with zero attached hydrogens (tertiary/aromatic N) is 1. The molecule has 114 valence electrons. The summed E-state index contributed by atoms with van der Waals surface area (Å²) in [4.78, 5) is 2.49. The van der Waals surface area contributed by atoms with Crippen LogP contribution in [0.15, 0.2) is 15.4 Å². The first-order valence-electron chi connectivity index (χ1n) is 7.01. The van der Waals surface area contributed by atoms with Gasteiger partial charge in [0.05, 0.1) is 6.54 Å². The molecule has 0 unspecified atom stereocenters. The Morgan fingerprint density at radius 2 is 2.20 bits per heavy atom. The van der Waals surface area contributed by atoms with Crippen molar-refractivity contribution in [3.63, 3.8) is 0 Å². The first kappa shape index (κ1) is 15.5. The first-order valence-corrected chi connectivity index (χ1v) is 8.49. The molecule has 1 heterocycles. The lowest BCUT2D eigenvalue weighted by Crippen LogP contribution is -2.36. The van der Waals surface area contributed by atoms with Crippen LogP contribution in [0.2, 0.25) is 0 Å². The third-order valence-electron chi connectivity index (χ3n) is 3.57. The van der Waals surface area contributed by atoms with Crippen LogP contribution >= 0.6 is 0 Å². The maximum atomic E-state index is 12.2. The van der Waals surface area contributed by atoms with Gasteiger partial charge < -0.3 is 10.2 Å². The highest BCUT2D eigenvalue weighted by molar-refractivity contribution is 7.89. The zero-order valence-electron chi connectivity index (χ0n) is 12.1. The molecular weight excluding hydrogens is 278 g/mol. The van der Waals surface area contributed by atoms with E-state index in [2.05, 4.69) is 16.5 Å². The van der Waals surface area contributed by atoms with Crippen molar-refractivity contribution in [2.45, 2.75) is 44.2 Å². The van der Waals surface area contributed by atoms with Crippen LogP contribution in [0.25, 0.3) is 0 Å². The number of furan rings is 1. The zero-order valence-corrected chi connectivity index (χ0v) is 12.9. The average Bonchev–Trinajstić information content (AvgIpc) is 3.17. The molecule has 1 saturated carbocycles. The van der Waals surface area contributed by atoms with Crippen LogP contribution in [0.3, 0.4) is 0 Å². The molecule has 1 aliphatic rings. The Balaban J connectivity index is 1.94. The molecule has 0 spiro atoms. The number of nitrogens with one attached hydrogen (secondary N) is 1. The summed E-state index contributed by atoms with van der Waals surface area (Å²) in [6.07, 6.45) is 2.45.